The van der Waals surface area contributed by atoms with Crippen LogP contribution in [0.4, 0.5) is 4.79 Å². The Kier molecular flexibility index (Phi) is 4.56. The first kappa shape index (κ1) is 14.8. The lowest BCUT2D eigenvalue weighted by molar-refractivity contribution is -0.158. The van der Waals surface area contributed by atoms with Crippen LogP contribution in [-0.2, 0) is 4.79 Å². The molecule has 1 aliphatic rings. The number of carbonyl (C=O) groups excluding carboxylic acids is 2. The quantitative estimate of drug-likeness (QED) is 0.649. The van der Waals surface area contributed by atoms with E-state index >= 15 is 0 Å². The van der Waals surface area contributed by atoms with Crippen LogP contribution in [0.2, 0.25) is 0 Å². The summed E-state index contributed by atoms with van der Waals surface area (Å²) in [7, 11) is 0. The summed E-state index contributed by atoms with van der Waals surface area (Å²) in [6.45, 7) is 6.49. The predicted molar refractivity (Wildman–Crippen MR) is 67.8 cm³/mol. The molecule has 0 aromatic rings. The molecule has 104 valence electrons. The van der Waals surface area contributed by atoms with Gasteiger partial charge in [-0.1, -0.05) is 20.8 Å². The van der Waals surface area contributed by atoms with Gasteiger partial charge in [0, 0.05) is 0 Å². The molecule has 1 fully saturated rings. The molecule has 6 heteroatoms. The Bertz CT molecular complexity index is 325. The number of primary amides is 1. The SMILES string of the molecule is CCC1(O)CN(C(=O)C(CC(C)C)NC(N)=O)C1. The molecule has 1 aliphatic heterocycles. The van der Waals surface area contributed by atoms with E-state index in [1.165, 1.54) is 0 Å². The number of hydrogen-bond donors (Lipinski definition) is 3. The van der Waals surface area contributed by atoms with E-state index in [1.54, 1.807) is 4.90 Å². The van der Waals surface area contributed by atoms with Crippen LogP contribution in [0.25, 0.3) is 0 Å². The maximum Gasteiger partial charge on any atom is 0.312 e. The highest BCUT2D eigenvalue weighted by molar-refractivity contribution is 5.87. The van der Waals surface area contributed by atoms with Crippen molar-refractivity contribution < 1.29 is 14.7 Å². The first-order valence-corrected chi connectivity index (χ1v) is 6.34. The molecule has 1 saturated heterocycles. The van der Waals surface area contributed by atoms with Crippen molar-refractivity contribution in [3.05, 3.63) is 0 Å². The molecule has 0 bridgehead atoms. The van der Waals surface area contributed by atoms with Crippen LogP contribution in [0.1, 0.15) is 33.6 Å². The summed E-state index contributed by atoms with van der Waals surface area (Å²) in [6, 6.07) is -1.29. The van der Waals surface area contributed by atoms with Crippen LogP contribution in [0, 0.1) is 5.92 Å². The molecule has 3 amide bonds. The zero-order valence-corrected chi connectivity index (χ0v) is 11.3. The Morgan fingerprint density at radius 1 is 1.44 bits per heavy atom. The Morgan fingerprint density at radius 3 is 2.39 bits per heavy atom. The molecule has 4 N–H and O–H groups in total. The number of nitrogens with zero attached hydrogens (tertiary/aromatic N) is 1. The number of urea groups is 1. The van der Waals surface area contributed by atoms with Gasteiger partial charge in [-0.15, -0.1) is 0 Å². The summed E-state index contributed by atoms with van der Waals surface area (Å²) in [4.78, 5) is 24.6. The van der Waals surface area contributed by atoms with Crippen LogP contribution < -0.4 is 11.1 Å². The molecule has 0 aromatic carbocycles. The second kappa shape index (κ2) is 5.56. The summed E-state index contributed by atoms with van der Waals surface area (Å²) < 4.78 is 0. The number of rotatable bonds is 5. The fraction of sp³-hybridized carbons (Fsp3) is 0.833. The number of amides is 3. The summed E-state index contributed by atoms with van der Waals surface area (Å²) in [5.74, 6) is 0.109. The van der Waals surface area contributed by atoms with E-state index in [2.05, 4.69) is 5.32 Å². The van der Waals surface area contributed by atoms with Crippen LogP contribution in [0.15, 0.2) is 0 Å². The van der Waals surface area contributed by atoms with Gasteiger partial charge in [0.15, 0.2) is 0 Å². The molecule has 1 unspecified atom stereocenters. The molecule has 0 spiro atoms. The van der Waals surface area contributed by atoms with Crippen LogP contribution >= 0.6 is 0 Å². The number of β-amino-alcohol motifs (C(OH)–C–C–N with tert-alkyl or cyclic N) is 1. The van der Waals surface area contributed by atoms with E-state index in [1.807, 2.05) is 20.8 Å². The molecule has 0 saturated carbocycles. The van der Waals surface area contributed by atoms with Crippen molar-refractivity contribution in [2.24, 2.45) is 11.7 Å². The van der Waals surface area contributed by atoms with Gasteiger partial charge in [0.25, 0.3) is 0 Å². The van der Waals surface area contributed by atoms with Crippen molar-refractivity contribution in [2.45, 2.75) is 45.3 Å². The minimum atomic E-state index is -0.759. The van der Waals surface area contributed by atoms with Crippen molar-refractivity contribution in [1.29, 1.82) is 0 Å². The lowest BCUT2D eigenvalue weighted by Crippen LogP contribution is -2.66. The van der Waals surface area contributed by atoms with E-state index in [0.717, 1.165) is 0 Å². The second-order valence-electron chi connectivity index (χ2n) is 5.46. The lowest BCUT2D eigenvalue weighted by atomic mass is 9.90. The maximum absolute atomic E-state index is 12.1. The molecule has 0 aromatic heterocycles. The average molecular weight is 257 g/mol. The van der Waals surface area contributed by atoms with Crippen molar-refractivity contribution in [3.8, 4) is 0 Å². The molecule has 0 radical (unpaired) electrons. The van der Waals surface area contributed by atoms with Crippen molar-refractivity contribution in [1.82, 2.24) is 10.2 Å². The summed E-state index contributed by atoms with van der Waals surface area (Å²) in [5, 5.41) is 12.3. The molecular weight excluding hydrogens is 234 g/mol. The topological polar surface area (TPSA) is 95.7 Å². The van der Waals surface area contributed by atoms with Crippen LogP contribution in [-0.4, -0.2) is 46.7 Å². The highest BCUT2D eigenvalue weighted by atomic mass is 16.3. The first-order chi connectivity index (χ1) is 8.27. The fourth-order valence-corrected chi connectivity index (χ4v) is 2.13. The minimum Gasteiger partial charge on any atom is -0.386 e. The van der Waals surface area contributed by atoms with Crippen molar-refractivity contribution in [2.75, 3.05) is 13.1 Å². The minimum absolute atomic E-state index is 0.166. The average Bonchev–Trinajstić information content (AvgIpc) is 2.21. The van der Waals surface area contributed by atoms with Gasteiger partial charge in [0.2, 0.25) is 5.91 Å². The van der Waals surface area contributed by atoms with Crippen molar-refractivity contribution >= 4 is 11.9 Å². The number of likely N-dealkylation sites (tertiary alicyclic amines) is 1. The van der Waals surface area contributed by atoms with E-state index in [4.69, 9.17) is 5.73 Å². The molecular formula is C12H23N3O3. The van der Waals surface area contributed by atoms with E-state index < -0.39 is 17.7 Å². The fourth-order valence-electron chi connectivity index (χ4n) is 2.13. The number of aliphatic hydroxyl groups is 1. The third-order valence-corrected chi connectivity index (χ3v) is 3.26. The number of carbonyl (C=O) groups is 2. The van der Waals surface area contributed by atoms with Gasteiger partial charge in [-0.25, -0.2) is 4.79 Å². The van der Waals surface area contributed by atoms with Crippen LogP contribution in [0.5, 0.6) is 0 Å². The number of nitrogens with two attached hydrogens (primary N) is 1. The van der Waals surface area contributed by atoms with E-state index in [0.29, 0.717) is 25.9 Å². The highest BCUT2D eigenvalue weighted by Gasteiger charge is 2.43. The van der Waals surface area contributed by atoms with Gasteiger partial charge in [0.05, 0.1) is 18.7 Å². The molecule has 6 nitrogen and oxygen atoms in total. The maximum atomic E-state index is 12.1. The largest absolute Gasteiger partial charge is 0.386 e. The first-order valence-electron chi connectivity index (χ1n) is 6.34. The lowest BCUT2D eigenvalue weighted by Gasteiger charge is -2.47. The highest BCUT2D eigenvalue weighted by Crippen LogP contribution is 2.25. The molecule has 1 atom stereocenters. The zero-order valence-electron chi connectivity index (χ0n) is 11.3. The number of hydrogen-bond acceptors (Lipinski definition) is 3. The molecule has 1 heterocycles. The van der Waals surface area contributed by atoms with Gasteiger partial charge in [0.1, 0.15) is 6.04 Å². The van der Waals surface area contributed by atoms with Gasteiger partial charge in [-0.3, -0.25) is 4.79 Å². The molecule has 18 heavy (non-hydrogen) atoms. The van der Waals surface area contributed by atoms with Crippen molar-refractivity contribution in [3.63, 3.8) is 0 Å². The number of nitrogens with one attached hydrogen (secondary N) is 1. The second-order valence-corrected chi connectivity index (χ2v) is 5.46. The Hall–Kier alpha value is -1.30. The van der Waals surface area contributed by atoms with Gasteiger partial charge < -0.3 is 21.1 Å². The smallest absolute Gasteiger partial charge is 0.312 e. The van der Waals surface area contributed by atoms with Gasteiger partial charge >= 0.3 is 6.03 Å². The molecule has 0 aliphatic carbocycles. The Labute approximate surface area is 108 Å². The van der Waals surface area contributed by atoms with E-state index in [9.17, 15) is 14.7 Å². The summed E-state index contributed by atoms with van der Waals surface area (Å²) in [5.41, 5.74) is 4.32. The normalized spacial score (nSPS) is 19.3. The third kappa shape index (κ3) is 3.60. The van der Waals surface area contributed by atoms with E-state index in [-0.39, 0.29) is 11.8 Å². The van der Waals surface area contributed by atoms with Gasteiger partial charge in [-0.05, 0) is 18.8 Å². The monoisotopic (exact) mass is 257 g/mol. The predicted octanol–water partition coefficient (Wildman–Crippen LogP) is 0.0527. The molecule has 1 rings (SSSR count). The Balaban J connectivity index is 2.58. The third-order valence-electron chi connectivity index (χ3n) is 3.26. The summed E-state index contributed by atoms with van der Waals surface area (Å²) >= 11 is 0. The zero-order chi connectivity index (χ0) is 13.9. The van der Waals surface area contributed by atoms with Gasteiger partial charge in [-0.2, -0.15) is 0 Å². The Morgan fingerprint density at radius 2 is 2.00 bits per heavy atom. The standard InChI is InChI=1S/C12H23N3O3/c1-4-12(18)6-15(7-12)10(16)9(5-8(2)3)14-11(13)17/h8-9,18H,4-7H2,1-3H3,(H3,13,14,17). The van der Waals surface area contributed by atoms with Crippen LogP contribution in [0.3, 0.4) is 0 Å². The summed E-state index contributed by atoms with van der Waals surface area (Å²) in [6.07, 6.45) is 1.16.